The molecule has 1 aromatic heterocycles. The van der Waals surface area contributed by atoms with Crippen LogP contribution >= 0.6 is 22.6 Å². The number of nitrogens with one attached hydrogen (secondary N) is 2. The Bertz CT molecular complexity index is 694. The van der Waals surface area contributed by atoms with Crippen LogP contribution in [0.1, 0.15) is 11.1 Å². The number of amides is 2. The van der Waals surface area contributed by atoms with Gasteiger partial charge in [0.25, 0.3) is 0 Å². The summed E-state index contributed by atoms with van der Waals surface area (Å²) in [4.78, 5) is 28.0. The van der Waals surface area contributed by atoms with Gasteiger partial charge in [-0.2, -0.15) is 0 Å². The minimum atomic E-state index is -0.970. The van der Waals surface area contributed by atoms with Crippen molar-refractivity contribution in [2.45, 2.75) is 19.0 Å². The van der Waals surface area contributed by atoms with Gasteiger partial charge >= 0.3 is 0 Å². The van der Waals surface area contributed by atoms with Crippen LogP contribution in [0.2, 0.25) is 0 Å². The fraction of sp³-hybridized carbons (Fsp3) is 0.235. The van der Waals surface area contributed by atoms with Gasteiger partial charge in [0, 0.05) is 22.5 Å². The highest BCUT2D eigenvalue weighted by Crippen LogP contribution is 2.07. The Morgan fingerprint density at radius 3 is 2.58 bits per heavy atom. The van der Waals surface area contributed by atoms with E-state index in [1.807, 2.05) is 24.3 Å². The molecule has 0 fully saturated rings. The van der Waals surface area contributed by atoms with Crippen molar-refractivity contribution in [3.8, 4) is 0 Å². The van der Waals surface area contributed by atoms with Gasteiger partial charge in [-0.05, 0) is 58.0 Å². The molecule has 0 unspecified atom stereocenters. The largest absolute Gasteiger partial charge is 0.394 e. The highest BCUT2D eigenvalue weighted by atomic mass is 127. The van der Waals surface area contributed by atoms with Gasteiger partial charge in [0.1, 0.15) is 6.04 Å². The normalized spacial score (nSPS) is 11.6. The number of hydrogen-bond acceptors (Lipinski definition) is 4. The fourth-order valence-corrected chi connectivity index (χ4v) is 2.69. The number of pyridine rings is 1. The van der Waals surface area contributed by atoms with E-state index >= 15 is 0 Å². The van der Waals surface area contributed by atoms with Crippen molar-refractivity contribution in [1.82, 2.24) is 15.6 Å². The molecule has 0 saturated heterocycles. The molecule has 2 rings (SSSR count). The molecule has 7 heteroatoms. The quantitative estimate of drug-likeness (QED) is 0.562. The van der Waals surface area contributed by atoms with Crippen LogP contribution in [0.3, 0.4) is 0 Å². The first-order valence-corrected chi connectivity index (χ1v) is 8.47. The third kappa shape index (κ3) is 5.89. The number of carbonyl (C=O) groups excluding carboxylic acids is 2. The molecule has 2 amide bonds. The molecule has 126 valence electrons. The van der Waals surface area contributed by atoms with Crippen LogP contribution < -0.4 is 10.6 Å². The van der Waals surface area contributed by atoms with Gasteiger partial charge in [0.15, 0.2) is 0 Å². The van der Waals surface area contributed by atoms with Gasteiger partial charge in [-0.15, -0.1) is 0 Å². The van der Waals surface area contributed by atoms with Crippen molar-refractivity contribution in [3.05, 3.63) is 63.5 Å². The van der Waals surface area contributed by atoms with E-state index in [2.05, 4.69) is 38.2 Å². The molecule has 0 bridgehead atoms. The number of hydrogen-bond donors (Lipinski definition) is 3. The van der Waals surface area contributed by atoms with Crippen LogP contribution in [0.25, 0.3) is 0 Å². The van der Waals surface area contributed by atoms with Crippen LogP contribution in [0.15, 0.2) is 48.8 Å². The predicted octanol–water partition coefficient (Wildman–Crippen LogP) is 1.02. The van der Waals surface area contributed by atoms with E-state index in [-0.39, 0.29) is 12.3 Å². The molecule has 1 heterocycles. The Labute approximate surface area is 153 Å². The third-order valence-electron chi connectivity index (χ3n) is 3.30. The van der Waals surface area contributed by atoms with Gasteiger partial charge in [0.2, 0.25) is 11.8 Å². The maximum absolute atomic E-state index is 12.1. The van der Waals surface area contributed by atoms with E-state index in [0.29, 0.717) is 6.54 Å². The monoisotopic (exact) mass is 439 g/mol. The highest BCUT2D eigenvalue weighted by Gasteiger charge is 2.19. The second-order valence-electron chi connectivity index (χ2n) is 5.18. The van der Waals surface area contributed by atoms with Crippen molar-refractivity contribution < 1.29 is 14.7 Å². The van der Waals surface area contributed by atoms with E-state index in [1.54, 1.807) is 24.5 Å². The zero-order valence-electron chi connectivity index (χ0n) is 12.9. The molecule has 1 aromatic carbocycles. The van der Waals surface area contributed by atoms with E-state index in [0.717, 1.165) is 14.7 Å². The lowest BCUT2D eigenvalue weighted by molar-refractivity contribution is -0.129. The summed E-state index contributed by atoms with van der Waals surface area (Å²) in [6, 6.07) is 10.2. The Hall–Kier alpha value is -2.00. The first kappa shape index (κ1) is 18.3. The second kappa shape index (κ2) is 9.33. The number of aliphatic hydroxyl groups excluding tert-OH is 1. The second-order valence-corrected chi connectivity index (χ2v) is 6.43. The van der Waals surface area contributed by atoms with E-state index in [1.165, 1.54) is 0 Å². The Morgan fingerprint density at radius 2 is 1.92 bits per heavy atom. The van der Waals surface area contributed by atoms with Crippen LogP contribution in [0.5, 0.6) is 0 Å². The van der Waals surface area contributed by atoms with Crippen molar-refractivity contribution in [2.75, 3.05) is 6.61 Å². The summed E-state index contributed by atoms with van der Waals surface area (Å²) in [5.41, 5.74) is 1.74. The lowest BCUT2D eigenvalue weighted by Gasteiger charge is -2.16. The highest BCUT2D eigenvalue weighted by molar-refractivity contribution is 14.1. The molecule has 0 radical (unpaired) electrons. The summed E-state index contributed by atoms with van der Waals surface area (Å²) in [7, 11) is 0. The summed E-state index contributed by atoms with van der Waals surface area (Å²) >= 11 is 2.20. The van der Waals surface area contributed by atoms with Crippen LogP contribution in [0, 0.1) is 3.57 Å². The number of halogens is 1. The first-order chi connectivity index (χ1) is 11.6. The minimum Gasteiger partial charge on any atom is -0.394 e. The Morgan fingerprint density at radius 1 is 1.17 bits per heavy atom. The molecule has 6 nitrogen and oxygen atoms in total. The van der Waals surface area contributed by atoms with Gasteiger partial charge in [-0.25, -0.2) is 0 Å². The molecular weight excluding hydrogens is 421 g/mol. The number of nitrogens with zero attached hydrogens (tertiary/aromatic N) is 1. The lowest BCUT2D eigenvalue weighted by Crippen LogP contribution is -2.49. The maximum Gasteiger partial charge on any atom is 0.245 e. The minimum absolute atomic E-state index is 0.128. The average Bonchev–Trinajstić information content (AvgIpc) is 2.58. The van der Waals surface area contributed by atoms with Crippen molar-refractivity contribution >= 4 is 34.4 Å². The zero-order valence-corrected chi connectivity index (χ0v) is 15.1. The van der Waals surface area contributed by atoms with Crippen LogP contribution in [-0.4, -0.2) is 34.6 Å². The van der Waals surface area contributed by atoms with Crippen molar-refractivity contribution in [3.63, 3.8) is 0 Å². The van der Waals surface area contributed by atoms with Crippen LogP contribution in [0.4, 0.5) is 0 Å². The summed E-state index contributed by atoms with van der Waals surface area (Å²) in [5.74, 6) is -0.746. The number of aromatic nitrogens is 1. The van der Waals surface area contributed by atoms with E-state index in [9.17, 15) is 14.7 Å². The average molecular weight is 439 g/mol. The first-order valence-electron chi connectivity index (χ1n) is 7.40. The third-order valence-corrected chi connectivity index (χ3v) is 3.98. The molecule has 2 aromatic rings. The summed E-state index contributed by atoms with van der Waals surface area (Å²) in [6.45, 7) is -0.118. The Kier molecular flexibility index (Phi) is 7.13. The molecule has 0 aliphatic carbocycles. The number of rotatable bonds is 7. The molecule has 0 spiro atoms. The molecule has 0 aliphatic heterocycles. The fourth-order valence-electron chi connectivity index (χ4n) is 2.08. The summed E-state index contributed by atoms with van der Waals surface area (Å²) in [5, 5.41) is 14.6. The topological polar surface area (TPSA) is 91.3 Å². The van der Waals surface area contributed by atoms with Crippen LogP contribution in [-0.2, 0) is 22.6 Å². The van der Waals surface area contributed by atoms with E-state index < -0.39 is 18.6 Å². The number of aliphatic hydroxyl groups is 1. The Balaban J connectivity index is 1.85. The molecule has 1 atom stereocenters. The molecule has 0 aliphatic rings. The van der Waals surface area contributed by atoms with Gasteiger partial charge in [0.05, 0.1) is 13.0 Å². The van der Waals surface area contributed by atoms with E-state index in [4.69, 9.17) is 0 Å². The molecular formula is C17H18IN3O3. The van der Waals surface area contributed by atoms with Crippen molar-refractivity contribution in [1.29, 1.82) is 0 Å². The van der Waals surface area contributed by atoms with Gasteiger partial charge in [-0.3, -0.25) is 14.6 Å². The summed E-state index contributed by atoms with van der Waals surface area (Å²) < 4.78 is 1.07. The molecule has 3 N–H and O–H groups in total. The molecule has 24 heavy (non-hydrogen) atoms. The standard InChI is InChI=1S/C17H18IN3O3/c18-14-3-1-2-13(8-14)10-20-17(24)15(11-22)21-16(23)9-12-4-6-19-7-5-12/h1-8,15,22H,9-11H2,(H,20,24)(H,21,23)/t15-/m0/s1. The van der Waals surface area contributed by atoms with Gasteiger partial charge < -0.3 is 15.7 Å². The smallest absolute Gasteiger partial charge is 0.245 e. The molecule has 0 saturated carbocycles. The van der Waals surface area contributed by atoms with Gasteiger partial charge in [-0.1, -0.05) is 12.1 Å². The number of carbonyl (C=O) groups is 2. The maximum atomic E-state index is 12.1. The summed E-state index contributed by atoms with van der Waals surface area (Å²) in [6.07, 6.45) is 3.32. The lowest BCUT2D eigenvalue weighted by atomic mass is 10.1. The zero-order chi connectivity index (χ0) is 17.4. The SMILES string of the molecule is O=C(Cc1ccncc1)N[C@@H](CO)C(=O)NCc1cccc(I)c1. The number of benzene rings is 1. The van der Waals surface area contributed by atoms with Crippen molar-refractivity contribution in [2.24, 2.45) is 0 Å². The predicted molar refractivity (Wildman–Crippen MR) is 98.0 cm³/mol.